The molecule has 2 aromatic rings. The van der Waals surface area contributed by atoms with Crippen molar-refractivity contribution in [2.45, 2.75) is 12.8 Å². The minimum atomic E-state index is -1.09. The molecule has 1 unspecified atom stereocenters. The van der Waals surface area contributed by atoms with Crippen molar-refractivity contribution in [2.75, 3.05) is 6.61 Å². The molecule has 0 aliphatic carbocycles. The van der Waals surface area contributed by atoms with E-state index >= 15 is 0 Å². The van der Waals surface area contributed by atoms with Crippen molar-refractivity contribution in [3.05, 3.63) is 59.7 Å². The van der Waals surface area contributed by atoms with Gasteiger partial charge in [-0.2, -0.15) is 0 Å². The number of hydrogen-bond acceptors (Lipinski definition) is 3. The Hall–Kier alpha value is -2.43. The molecule has 0 radical (unpaired) electrons. The van der Waals surface area contributed by atoms with E-state index in [0.717, 1.165) is 11.8 Å². The monoisotopic (exact) mass is 287 g/mol. The number of para-hydroxylation sites is 1. The van der Waals surface area contributed by atoms with E-state index in [-0.39, 0.29) is 13.0 Å². The van der Waals surface area contributed by atoms with Crippen molar-refractivity contribution >= 4 is 5.97 Å². The Morgan fingerprint density at radius 3 is 2.95 bits per heavy atom. The SMILES string of the molecule is O=C(O)C1(Cc2cncc(F)c2)COc2ccccc2C1. The lowest BCUT2D eigenvalue weighted by Gasteiger charge is -2.34. The molecular weight excluding hydrogens is 273 g/mol. The van der Waals surface area contributed by atoms with Crippen LogP contribution in [0.25, 0.3) is 0 Å². The van der Waals surface area contributed by atoms with Crippen LogP contribution >= 0.6 is 0 Å². The van der Waals surface area contributed by atoms with Crippen LogP contribution in [0, 0.1) is 11.2 Å². The van der Waals surface area contributed by atoms with Crippen LogP contribution in [0.3, 0.4) is 0 Å². The van der Waals surface area contributed by atoms with E-state index in [1.165, 1.54) is 12.3 Å². The predicted octanol–water partition coefficient (Wildman–Crippen LogP) is 2.47. The van der Waals surface area contributed by atoms with Crippen molar-refractivity contribution in [3.63, 3.8) is 0 Å². The molecule has 0 spiro atoms. The van der Waals surface area contributed by atoms with Crippen molar-refractivity contribution < 1.29 is 19.0 Å². The predicted molar refractivity (Wildman–Crippen MR) is 73.6 cm³/mol. The minimum absolute atomic E-state index is 0.0653. The van der Waals surface area contributed by atoms with Gasteiger partial charge >= 0.3 is 5.97 Å². The lowest BCUT2D eigenvalue weighted by atomic mass is 9.76. The highest BCUT2D eigenvalue weighted by Crippen LogP contribution is 2.37. The second kappa shape index (κ2) is 5.16. The quantitative estimate of drug-likeness (QED) is 0.942. The lowest BCUT2D eigenvalue weighted by Crippen LogP contribution is -2.43. The van der Waals surface area contributed by atoms with Crippen molar-refractivity contribution in [3.8, 4) is 5.75 Å². The summed E-state index contributed by atoms with van der Waals surface area (Å²) in [5, 5.41) is 9.65. The van der Waals surface area contributed by atoms with Crippen LogP contribution in [0.4, 0.5) is 4.39 Å². The first kappa shape index (κ1) is 13.5. The summed E-state index contributed by atoms with van der Waals surface area (Å²) in [4.78, 5) is 15.6. The van der Waals surface area contributed by atoms with E-state index in [0.29, 0.717) is 17.7 Å². The highest BCUT2D eigenvalue weighted by Gasteiger charge is 2.43. The Bertz CT molecular complexity index is 689. The highest BCUT2D eigenvalue weighted by atomic mass is 19.1. The zero-order chi connectivity index (χ0) is 14.9. The van der Waals surface area contributed by atoms with Gasteiger partial charge in [-0.25, -0.2) is 4.39 Å². The van der Waals surface area contributed by atoms with Gasteiger partial charge in [0.15, 0.2) is 0 Å². The number of pyridine rings is 1. The number of carbonyl (C=O) groups is 1. The summed E-state index contributed by atoms with van der Waals surface area (Å²) >= 11 is 0. The minimum Gasteiger partial charge on any atom is -0.492 e. The molecule has 1 aliphatic rings. The number of ether oxygens (including phenoxy) is 1. The van der Waals surface area contributed by atoms with Crippen LogP contribution in [0.5, 0.6) is 5.75 Å². The summed E-state index contributed by atoms with van der Waals surface area (Å²) in [5.41, 5.74) is 0.319. The third kappa shape index (κ3) is 2.59. The molecule has 3 rings (SSSR count). The van der Waals surface area contributed by atoms with Crippen LogP contribution in [-0.2, 0) is 17.6 Å². The average molecular weight is 287 g/mol. The molecule has 5 heteroatoms. The standard InChI is InChI=1S/C16H14FNO3/c17-13-5-11(8-18-9-13)6-16(15(19)20)7-12-3-1-2-4-14(12)21-10-16/h1-5,8-9H,6-7,10H2,(H,19,20). The van der Waals surface area contributed by atoms with Crippen LogP contribution in [0.2, 0.25) is 0 Å². The number of halogens is 1. The summed E-state index contributed by atoms with van der Waals surface area (Å²) in [5.74, 6) is -0.696. The maximum Gasteiger partial charge on any atom is 0.313 e. The number of nitrogens with zero attached hydrogens (tertiary/aromatic N) is 1. The first-order valence-corrected chi connectivity index (χ1v) is 6.63. The third-order valence-corrected chi connectivity index (χ3v) is 3.76. The Morgan fingerprint density at radius 1 is 1.38 bits per heavy atom. The second-order valence-electron chi connectivity index (χ2n) is 5.35. The summed E-state index contributed by atoms with van der Waals surface area (Å²) in [6, 6.07) is 8.70. The van der Waals surface area contributed by atoms with Gasteiger partial charge in [-0.15, -0.1) is 0 Å². The molecular formula is C16H14FNO3. The average Bonchev–Trinajstić information content (AvgIpc) is 2.47. The van der Waals surface area contributed by atoms with Crippen molar-refractivity contribution in [1.82, 2.24) is 4.98 Å². The first-order chi connectivity index (χ1) is 10.1. The van der Waals surface area contributed by atoms with E-state index in [1.54, 1.807) is 0 Å². The Labute approximate surface area is 121 Å². The number of carboxylic acids is 1. The fraction of sp³-hybridized carbons (Fsp3) is 0.250. The zero-order valence-corrected chi connectivity index (χ0v) is 11.3. The zero-order valence-electron chi connectivity index (χ0n) is 11.3. The number of benzene rings is 1. The number of rotatable bonds is 3. The molecule has 1 N–H and O–H groups in total. The van der Waals surface area contributed by atoms with E-state index in [1.807, 2.05) is 24.3 Å². The molecule has 0 fully saturated rings. The fourth-order valence-electron chi connectivity index (χ4n) is 2.69. The van der Waals surface area contributed by atoms with Gasteiger partial charge in [0.05, 0.1) is 6.20 Å². The van der Waals surface area contributed by atoms with Gasteiger partial charge in [0, 0.05) is 6.20 Å². The lowest BCUT2D eigenvalue weighted by molar-refractivity contribution is -0.151. The molecule has 4 nitrogen and oxygen atoms in total. The maximum atomic E-state index is 13.2. The van der Waals surface area contributed by atoms with Gasteiger partial charge in [0.1, 0.15) is 23.6 Å². The summed E-state index contributed by atoms with van der Waals surface area (Å²) in [7, 11) is 0. The van der Waals surface area contributed by atoms with Crippen molar-refractivity contribution in [2.24, 2.45) is 5.41 Å². The van der Waals surface area contributed by atoms with Gasteiger partial charge in [-0.1, -0.05) is 18.2 Å². The molecule has 1 aliphatic heterocycles. The number of carboxylic acid groups (broad SMARTS) is 1. The van der Waals surface area contributed by atoms with E-state index in [4.69, 9.17) is 4.74 Å². The summed E-state index contributed by atoms with van der Waals surface area (Å²) in [6.07, 6.45) is 3.13. The van der Waals surface area contributed by atoms with Crippen molar-refractivity contribution in [1.29, 1.82) is 0 Å². The Balaban J connectivity index is 1.93. The molecule has 21 heavy (non-hydrogen) atoms. The van der Waals surface area contributed by atoms with Gasteiger partial charge in [0.25, 0.3) is 0 Å². The third-order valence-electron chi connectivity index (χ3n) is 3.76. The number of aliphatic carboxylic acids is 1. The number of aromatic nitrogens is 1. The fourth-order valence-corrected chi connectivity index (χ4v) is 2.69. The van der Waals surface area contributed by atoms with Crippen LogP contribution in [-0.4, -0.2) is 22.7 Å². The topological polar surface area (TPSA) is 59.4 Å². The van der Waals surface area contributed by atoms with Crippen LogP contribution < -0.4 is 4.74 Å². The molecule has 108 valence electrons. The Kier molecular flexibility index (Phi) is 3.33. The second-order valence-corrected chi connectivity index (χ2v) is 5.35. The molecule has 2 heterocycles. The summed E-state index contributed by atoms with van der Waals surface area (Å²) < 4.78 is 18.9. The van der Waals surface area contributed by atoms with Gasteiger partial charge in [-0.3, -0.25) is 9.78 Å². The smallest absolute Gasteiger partial charge is 0.313 e. The van der Waals surface area contributed by atoms with Gasteiger partial charge < -0.3 is 9.84 Å². The van der Waals surface area contributed by atoms with Gasteiger partial charge in [-0.05, 0) is 36.1 Å². The molecule has 0 saturated carbocycles. The highest BCUT2D eigenvalue weighted by molar-refractivity contribution is 5.76. The maximum absolute atomic E-state index is 13.2. The Morgan fingerprint density at radius 2 is 2.19 bits per heavy atom. The number of hydrogen-bond donors (Lipinski definition) is 1. The normalized spacial score (nSPS) is 20.4. The molecule has 0 bridgehead atoms. The van der Waals surface area contributed by atoms with Crippen LogP contribution in [0.1, 0.15) is 11.1 Å². The van der Waals surface area contributed by atoms with Gasteiger partial charge in [0.2, 0.25) is 0 Å². The largest absolute Gasteiger partial charge is 0.492 e. The first-order valence-electron chi connectivity index (χ1n) is 6.63. The van der Waals surface area contributed by atoms with E-state index in [9.17, 15) is 14.3 Å². The number of fused-ring (bicyclic) bond motifs is 1. The van der Waals surface area contributed by atoms with E-state index < -0.39 is 17.2 Å². The van der Waals surface area contributed by atoms with E-state index in [2.05, 4.69) is 4.98 Å². The summed E-state index contributed by atoms with van der Waals surface area (Å²) in [6.45, 7) is 0.0653. The molecule has 0 amide bonds. The molecule has 1 atom stereocenters. The molecule has 1 aromatic heterocycles. The van der Waals surface area contributed by atoms with Crippen LogP contribution in [0.15, 0.2) is 42.7 Å². The molecule has 1 aromatic carbocycles. The molecule has 0 saturated heterocycles.